The third-order valence-electron chi connectivity index (χ3n) is 12.9. The number of hydrogen-bond donors (Lipinski definition) is 0. The third kappa shape index (κ3) is 14.5. The van der Waals surface area contributed by atoms with Crippen molar-refractivity contribution < 1.29 is 0 Å². The minimum atomic E-state index is 1.23. The van der Waals surface area contributed by atoms with E-state index in [9.17, 15) is 0 Å². The van der Waals surface area contributed by atoms with E-state index >= 15 is 0 Å². The Kier molecular flexibility index (Phi) is 22.1. The molecule has 0 amide bonds. The summed E-state index contributed by atoms with van der Waals surface area (Å²) in [7, 11) is 0. The molecule has 6 heterocycles. The van der Waals surface area contributed by atoms with Crippen LogP contribution < -0.4 is 0 Å². The zero-order valence-corrected chi connectivity index (χ0v) is 43.3. The summed E-state index contributed by atoms with van der Waals surface area (Å²) in [5.74, 6) is 0. The Morgan fingerprint density at radius 2 is 0.550 bits per heavy atom. The van der Waals surface area contributed by atoms with Crippen molar-refractivity contribution in [2.45, 2.75) is 233 Å². The van der Waals surface area contributed by atoms with Crippen LogP contribution in [0, 0.1) is 13.8 Å². The molecule has 0 atom stereocenters. The zero-order chi connectivity index (χ0) is 41.8. The van der Waals surface area contributed by atoms with Crippen molar-refractivity contribution in [3.63, 3.8) is 0 Å². The fourth-order valence-corrected chi connectivity index (χ4v) is 17.6. The largest absolute Gasteiger partial charge is 0.140 e. The average molecular weight is 922 g/mol. The standard InChI is InChI=1S/C54H80S6/c1-5-7-9-11-13-15-17-19-21-23-25-27-29-31-33-35-43-47(45-39-37-41(3)55-45)57-51-49(43)59-54-52-50(60-53(51)54)44(48(58-52)46-40-38-42(4)56-46)36-34-32-30-28-26-24-22-20-18-16-14-12-10-8-6-2/h37-40H,5-36H2,1-4H3. The third-order valence-corrected chi connectivity index (χ3v) is 21.0. The van der Waals surface area contributed by atoms with Crippen molar-refractivity contribution >= 4 is 96.2 Å². The summed E-state index contributed by atoms with van der Waals surface area (Å²) in [6.45, 7) is 9.18. The Hall–Kier alpha value is -1.02. The number of aryl methyl sites for hydroxylation is 4. The van der Waals surface area contributed by atoms with Crippen molar-refractivity contribution in [2.24, 2.45) is 0 Å². The van der Waals surface area contributed by atoms with Crippen LogP contribution in [0.4, 0.5) is 0 Å². The van der Waals surface area contributed by atoms with Gasteiger partial charge in [-0.3, -0.25) is 0 Å². The highest BCUT2D eigenvalue weighted by atomic mass is 32.1. The molecule has 0 aromatic carbocycles. The second-order valence-corrected chi connectivity index (χ2v) is 24.9. The molecule has 60 heavy (non-hydrogen) atoms. The second-order valence-electron chi connectivity index (χ2n) is 18.2. The number of fused-ring (bicyclic) bond motifs is 5. The van der Waals surface area contributed by atoms with Gasteiger partial charge in [-0.25, -0.2) is 0 Å². The van der Waals surface area contributed by atoms with Crippen LogP contribution >= 0.6 is 68.0 Å². The summed E-state index contributed by atoms with van der Waals surface area (Å²) in [5, 5.41) is 0. The number of rotatable bonds is 34. The number of thiophene rings is 6. The molecule has 0 radical (unpaired) electrons. The minimum Gasteiger partial charge on any atom is -0.140 e. The maximum absolute atomic E-state index is 2.40. The van der Waals surface area contributed by atoms with Gasteiger partial charge in [-0.15, -0.1) is 68.0 Å². The van der Waals surface area contributed by atoms with Crippen LogP contribution in [0.1, 0.15) is 227 Å². The van der Waals surface area contributed by atoms with Crippen LogP contribution in [-0.4, -0.2) is 0 Å². The topological polar surface area (TPSA) is 0 Å². The highest BCUT2D eigenvalue weighted by Gasteiger charge is 2.25. The lowest BCUT2D eigenvalue weighted by molar-refractivity contribution is 0.532. The first kappa shape index (κ1) is 48.4. The van der Waals surface area contributed by atoms with Gasteiger partial charge in [-0.2, -0.15) is 0 Å². The van der Waals surface area contributed by atoms with E-state index in [2.05, 4.69) is 97.3 Å². The Labute approximate surface area is 391 Å². The Morgan fingerprint density at radius 3 is 0.817 bits per heavy atom. The number of hydrogen-bond acceptors (Lipinski definition) is 6. The van der Waals surface area contributed by atoms with Crippen molar-refractivity contribution in [2.75, 3.05) is 0 Å². The van der Waals surface area contributed by atoms with E-state index in [-0.39, 0.29) is 0 Å². The summed E-state index contributed by atoms with van der Waals surface area (Å²) in [6.07, 6.45) is 45.2. The van der Waals surface area contributed by atoms with Gasteiger partial charge < -0.3 is 0 Å². The Bertz CT molecular complexity index is 1910. The van der Waals surface area contributed by atoms with Gasteiger partial charge in [0, 0.05) is 29.3 Å². The molecular formula is C54H80S6. The molecular weight excluding hydrogens is 841 g/mol. The molecule has 6 aromatic heterocycles. The van der Waals surface area contributed by atoms with Crippen LogP contribution in [0.25, 0.3) is 47.7 Å². The molecule has 0 saturated carbocycles. The molecule has 0 N–H and O–H groups in total. The SMILES string of the molecule is CCCCCCCCCCCCCCCCCc1c(-c2ccc(C)s2)sc2c1sc1c3sc(-c4ccc(C)s4)c(CCCCCCCCCCCCCCCCC)c3sc21. The first-order chi connectivity index (χ1) is 29.6. The predicted molar refractivity (Wildman–Crippen MR) is 284 cm³/mol. The van der Waals surface area contributed by atoms with Crippen LogP contribution in [0.15, 0.2) is 24.3 Å². The molecule has 6 aromatic rings. The molecule has 0 nitrogen and oxygen atoms in total. The molecule has 0 bridgehead atoms. The molecule has 0 aliphatic carbocycles. The van der Waals surface area contributed by atoms with E-state index < -0.39 is 0 Å². The monoisotopic (exact) mass is 920 g/mol. The normalized spacial score (nSPS) is 12.1. The number of unbranched alkanes of at least 4 members (excludes halogenated alkanes) is 28. The maximum atomic E-state index is 2.40. The summed E-state index contributed by atoms with van der Waals surface area (Å²) in [6, 6.07) is 9.47. The summed E-state index contributed by atoms with van der Waals surface area (Å²) in [5.41, 5.74) is 3.33. The lowest BCUT2D eigenvalue weighted by Crippen LogP contribution is -1.87. The van der Waals surface area contributed by atoms with Crippen LogP contribution in [0.2, 0.25) is 0 Å². The first-order valence-electron chi connectivity index (χ1n) is 25.1. The predicted octanol–water partition coefficient (Wildman–Crippen LogP) is 22.3. The highest BCUT2D eigenvalue weighted by molar-refractivity contribution is 7.46. The molecule has 0 fully saturated rings. The van der Waals surface area contributed by atoms with Crippen LogP contribution in [0.5, 0.6) is 0 Å². The smallest absolute Gasteiger partial charge is 0.0651 e. The van der Waals surface area contributed by atoms with Crippen LogP contribution in [-0.2, 0) is 12.8 Å². The zero-order valence-electron chi connectivity index (χ0n) is 38.4. The second kappa shape index (κ2) is 27.3. The lowest BCUT2D eigenvalue weighted by Gasteiger charge is -2.05. The highest BCUT2D eigenvalue weighted by Crippen LogP contribution is 2.56. The van der Waals surface area contributed by atoms with E-state index in [0.29, 0.717) is 0 Å². The summed E-state index contributed by atoms with van der Waals surface area (Å²) < 4.78 is 9.58. The van der Waals surface area contributed by atoms with Crippen molar-refractivity contribution in [1.82, 2.24) is 0 Å². The molecule has 6 heteroatoms. The first-order valence-corrected chi connectivity index (χ1v) is 30.0. The molecule has 0 aliphatic rings. The van der Waals surface area contributed by atoms with Crippen molar-refractivity contribution in [3.8, 4) is 19.5 Å². The van der Waals surface area contributed by atoms with E-state index in [1.807, 2.05) is 22.7 Å². The van der Waals surface area contributed by atoms with Crippen molar-refractivity contribution in [1.29, 1.82) is 0 Å². The molecule has 332 valence electrons. The van der Waals surface area contributed by atoms with E-state index in [4.69, 9.17) is 0 Å². The van der Waals surface area contributed by atoms with Gasteiger partial charge in [0.05, 0.1) is 28.2 Å². The molecule has 0 aliphatic heterocycles. The van der Waals surface area contributed by atoms with Gasteiger partial charge in [-0.05, 0) is 74.9 Å². The molecule has 0 saturated heterocycles. The van der Waals surface area contributed by atoms with Gasteiger partial charge in [-0.1, -0.05) is 194 Å². The minimum absolute atomic E-state index is 1.23. The average Bonchev–Trinajstić information content (AvgIpc) is 4.11. The Balaban J connectivity index is 1.03. The van der Waals surface area contributed by atoms with Crippen LogP contribution in [0.3, 0.4) is 0 Å². The quantitative estimate of drug-likeness (QED) is 0.0354. The van der Waals surface area contributed by atoms with Gasteiger partial charge in [0.15, 0.2) is 0 Å². The maximum Gasteiger partial charge on any atom is 0.0651 e. The van der Waals surface area contributed by atoms with Gasteiger partial charge in [0.25, 0.3) is 0 Å². The van der Waals surface area contributed by atoms with Gasteiger partial charge in [0.1, 0.15) is 0 Å². The fraction of sp³-hybridized carbons (Fsp3) is 0.667. The van der Waals surface area contributed by atoms with Gasteiger partial charge >= 0.3 is 0 Å². The fourth-order valence-electron chi connectivity index (χ4n) is 9.32. The molecule has 0 spiro atoms. The Morgan fingerprint density at radius 1 is 0.283 bits per heavy atom. The van der Waals surface area contributed by atoms with E-state index in [1.165, 1.54) is 225 Å². The summed E-state index contributed by atoms with van der Waals surface area (Å²) in [4.78, 5) is 9.00. The lowest BCUT2D eigenvalue weighted by atomic mass is 10.0. The van der Waals surface area contributed by atoms with Crippen molar-refractivity contribution in [3.05, 3.63) is 45.1 Å². The summed E-state index contributed by atoms with van der Waals surface area (Å²) >= 11 is 12.5. The molecule has 6 rings (SSSR count). The van der Waals surface area contributed by atoms with E-state index in [0.717, 1.165) is 0 Å². The van der Waals surface area contributed by atoms with Gasteiger partial charge in [0.2, 0.25) is 0 Å². The molecule has 0 unspecified atom stereocenters. The van der Waals surface area contributed by atoms with E-state index in [1.54, 1.807) is 49.1 Å².